The van der Waals surface area contributed by atoms with Crippen LogP contribution in [0.5, 0.6) is 5.75 Å². The van der Waals surface area contributed by atoms with Crippen molar-refractivity contribution < 1.29 is 19.8 Å². The molecule has 134 valence electrons. The number of aryl methyl sites for hydroxylation is 2. The Balaban J connectivity index is 2.01. The van der Waals surface area contributed by atoms with Gasteiger partial charge < -0.3 is 15.5 Å². The zero-order chi connectivity index (χ0) is 18.8. The van der Waals surface area contributed by atoms with E-state index in [9.17, 15) is 14.7 Å². The number of carboxylic acid groups (broad SMARTS) is 1. The predicted molar refractivity (Wildman–Crippen MR) is 94.7 cm³/mol. The first kappa shape index (κ1) is 17.7. The van der Waals surface area contributed by atoms with Crippen molar-refractivity contribution >= 4 is 29.3 Å². The zero-order valence-electron chi connectivity index (χ0n) is 14.1. The molecule has 9 heteroatoms. The fraction of sp³-hybridized carbons (Fsp3) is 0.176. The molecule has 3 aromatic rings. The number of carbonyl (C=O) groups excluding carboxylic acids is 1. The van der Waals surface area contributed by atoms with E-state index in [1.807, 2.05) is 26.0 Å². The average molecular weight is 372 g/mol. The van der Waals surface area contributed by atoms with Crippen molar-refractivity contribution in [1.29, 1.82) is 0 Å². The third kappa shape index (κ3) is 3.62. The van der Waals surface area contributed by atoms with Crippen molar-refractivity contribution in [2.75, 3.05) is 6.54 Å². The summed E-state index contributed by atoms with van der Waals surface area (Å²) in [6, 6.07) is 7.48. The summed E-state index contributed by atoms with van der Waals surface area (Å²) in [5, 5.41) is 25.9. The standard InChI is InChI=1S/C17H16N4O4S/c1-9-3-10(2)5-11(4-9)26-13-6-12(22)15(16-19-8-20-21(13)16)17(25)18-7-14(23)24/h3-6,8,22H,7H2,1-2H3,(H,18,25)(H,23,24). The summed E-state index contributed by atoms with van der Waals surface area (Å²) in [5.41, 5.74) is 2.25. The Bertz CT molecular complexity index is 995. The summed E-state index contributed by atoms with van der Waals surface area (Å²) < 4.78 is 1.44. The Kier molecular flexibility index (Phi) is 4.81. The maximum Gasteiger partial charge on any atom is 0.322 e. The highest BCUT2D eigenvalue weighted by Crippen LogP contribution is 2.33. The summed E-state index contributed by atoms with van der Waals surface area (Å²) in [6.07, 6.45) is 1.27. The van der Waals surface area contributed by atoms with Gasteiger partial charge in [-0.1, -0.05) is 17.8 Å². The lowest BCUT2D eigenvalue weighted by Crippen LogP contribution is -2.29. The number of carbonyl (C=O) groups is 2. The number of aromatic nitrogens is 3. The van der Waals surface area contributed by atoms with Crippen molar-refractivity contribution in [3.05, 3.63) is 47.3 Å². The third-order valence-corrected chi connectivity index (χ3v) is 4.51. The quantitative estimate of drug-likeness (QED) is 0.627. The molecule has 0 spiro atoms. The minimum atomic E-state index is -1.18. The van der Waals surface area contributed by atoms with Gasteiger partial charge in [0.25, 0.3) is 5.91 Å². The molecule has 1 amide bonds. The van der Waals surface area contributed by atoms with Crippen molar-refractivity contribution in [3.63, 3.8) is 0 Å². The van der Waals surface area contributed by atoms with Gasteiger partial charge in [-0.15, -0.1) is 0 Å². The van der Waals surface area contributed by atoms with Gasteiger partial charge in [0.1, 0.15) is 29.2 Å². The number of nitrogens with one attached hydrogen (secondary N) is 1. The Morgan fingerprint density at radius 1 is 1.19 bits per heavy atom. The normalized spacial score (nSPS) is 10.8. The highest BCUT2D eigenvalue weighted by Gasteiger charge is 2.21. The van der Waals surface area contributed by atoms with Gasteiger partial charge in [0, 0.05) is 11.0 Å². The van der Waals surface area contributed by atoms with E-state index in [1.165, 1.54) is 28.7 Å². The van der Waals surface area contributed by atoms with Crippen LogP contribution in [0.1, 0.15) is 21.5 Å². The van der Waals surface area contributed by atoms with Gasteiger partial charge >= 0.3 is 5.97 Å². The minimum absolute atomic E-state index is 0.117. The van der Waals surface area contributed by atoms with Gasteiger partial charge in [0.05, 0.1) is 0 Å². The second-order valence-electron chi connectivity index (χ2n) is 5.74. The maximum absolute atomic E-state index is 12.2. The molecule has 3 N–H and O–H groups in total. The fourth-order valence-electron chi connectivity index (χ4n) is 2.59. The number of hydrogen-bond acceptors (Lipinski definition) is 6. The smallest absolute Gasteiger partial charge is 0.322 e. The minimum Gasteiger partial charge on any atom is -0.507 e. The van der Waals surface area contributed by atoms with E-state index >= 15 is 0 Å². The lowest BCUT2D eigenvalue weighted by atomic mass is 10.2. The Hall–Kier alpha value is -3.07. The lowest BCUT2D eigenvalue weighted by molar-refractivity contribution is -0.135. The van der Waals surface area contributed by atoms with Gasteiger partial charge in [-0.25, -0.2) is 9.50 Å². The Labute approximate surface area is 152 Å². The molecule has 0 aliphatic carbocycles. The lowest BCUT2D eigenvalue weighted by Gasteiger charge is -2.11. The van der Waals surface area contributed by atoms with Gasteiger partial charge in [0.15, 0.2) is 5.65 Å². The van der Waals surface area contributed by atoms with Crippen LogP contribution < -0.4 is 5.32 Å². The molecule has 8 nitrogen and oxygen atoms in total. The number of rotatable bonds is 5. The highest BCUT2D eigenvalue weighted by molar-refractivity contribution is 7.99. The molecule has 0 saturated carbocycles. The number of benzene rings is 1. The molecule has 1 aromatic carbocycles. The molecular weight excluding hydrogens is 356 g/mol. The van der Waals surface area contributed by atoms with E-state index in [4.69, 9.17) is 5.11 Å². The molecular formula is C17H16N4O4S. The van der Waals surface area contributed by atoms with Crippen LogP contribution >= 0.6 is 11.8 Å². The molecule has 0 saturated heterocycles. The first-order chi connectivity index (χ1) is 12.3. The number of aliphatic carboxylic acids is 1. The van der Waals surface area contributed by atoms with E-state index in [1.54, 1.807) is 0 Å². The summed E-state index contributed by atoms with van der Waals surface area (Å²) in [4.78, 5) is 27.8. The van der Waals surface area contributed by atoms with E-state index in [0.29, 0.717) is 5.03 Å². The van der Waals surface area contributed by atoms with Crippen LogP contribution in [0.25, 0.3) is 5.65 Å². The zero-order valence-corrected chi connectivity index (χ0v) is 14.9. The maximum atomic E-state index is 12.2. The monoisotopic (exact) mass is 372 g/mol. The molecule has 0 aliphatic heterocycles. The molecule has 0 fully saturated rings. The van der Waals surface area contributed by atoms with E-state index < -0.39 is 18.4 Å². The van der Waals surface area contributed by atoms with Gasteiger partial charge in [-0.2, -0.15) is 5.10 Å². The molecule has 26 heavy (non-hydrogen) atoms. The Morgan fingerprint density at radius 2 is 1.88 bits per heavy atom. The van der Waals surface area contributed by atoms with Crippen molar-refractivity contribution in [3.8, 4) is 5.75 Å². The molecule has 0 unspecified atom stereocenters. The second-order valence-corrected chi connectivity index (χ2v) is 6.83. The summed E-state index contributed by atoms with van der Waals surface area (Å²) in [7, 11) is 0. The largest absolute Gasteiger partial charge is 0.507 e. The number of pyridine rings is 1. The molecule has 2 heterocycles. The molecule has 0 radical (unpaired) electrons. The average Bonchev–Trinajstić information content (AvgIpc) is 3.01. The van der Waals surface area contributed by atoms with Crippen LogP contribution in [-0.2, 0) is 4.79 Å². The van der Waals surface area contributed by atoms with Crippen LogP contribution in [0.2, 0.25) is 0 Å². The number of aromatic hydroxyl groups is 1. The van der Waals surface area contributed by atoms with Gasteiger partial charge in [-0.3, -0.25) is 9.59 Å². The summed E-state index contributed by atoms with van der Waals surface area (Å²) in [5.74, 6) is -2.21. The summed E-state index contributed by atoms with van der Waals surface area (Å²) in [6.45, 7) is 3.43. The highest BCUT2D eigenvalue weighted by atomic mass is 32.2. The van der Waals surface area contributed by atoms with Crippen molar-refractivity contribution in [2.45, 2.75) is 23.8 Å². The Morgan fingerprint density at radius 3 is 2.54 bits per heavy atom. The molecule has 0 bridgehead atoms. The van der Waals surface area contributed by atoms with Crippen LogP contribution in [0, 0.1) is 13.8 Å². The van der Waals surface area contributed by atoms with Crippen LogP contribution in [0.15, 0.2) is 40.5 Å². The first-order valence-electron chi connectivity index (χ1n) is 7.67. The SMILES string of the molecule is Cc1cc(C)cc(Sc2cc(O)c(C(=O)NCC(=O)O)c3ncnn23)c1. The number of nitrogens with zero attached hydrogens (tertiary/aromatic N) is 3. The number of fused-ring (bicyclic) bond motifs is 1. The number of amides is 1. The van der Waals surface area contributed by atoms with Crippen LogP contribution in [0.4, 0.5) is 0 Å². The topological polar surface area (TPSA) is 117 Å². The molecule has 0 aliphatic rings. The fourth-order valence-corrected chi connectivity index (χ4v) is 3.71. The van der Waals surface area contributed by atoms with Gasteiger partial charge in [0.2, 0.25) is 0 Å². The van der Waals surface area contributed by atoms with E-state index in [2.05, 4.69) is 21.5 Å². The molecule has 2 aromatic heterocycles. The van der Waals surface area contributed by atoms with Crippen LogP contribution in [-0.4, -0.2) is 43.2 Å². The van der Waals surface area contributed by atoms with E-state index in [-0.39, 0.29) is 17.0 Å². The van der Waals surface area contributed by atoms with Crippen LogP contribution in [0.3, 0.4) is 0 Å². The van der Waals surface area contributed by atoms with Crippen molar-refractivity contribution in [1.82, 2.24) is 19.9 Å². The number of hydrogen-bond donors (Lipinski definition) is 3. The first-order valence-corrected chi connectivity index (χ1v) is 8.48. The predicted octanol–water partition coefficient (Wildman–Crippen LogP) is 2.02. The molecule has 3 rings (SSSR count). The van der Waals surface area contributed by atoms with Gasteiger partial charge in [-0.05, 0) is 37.1 Å². The summed E-state index contributed by atoms with van der Waals surface area (Å²) >= 11 is 1.38. The second kappa shape index (κ2) is 7.04. The third-order valence-electron chi connectivity index (χ3n) is 3.54. The molecule has 0 atom stereocenters. The van der Waals surface area contributed by atoms with E-state index in [0.717, 1.165) is 16.0 Å². The van der Waals surface area contributed by atoms with Crippen molar-refractivity contribution in [2.24, 2.45) is 0 Å². The number of carboxylic acids is 1.